The third-order valence-electron chi connectivity index (χ3n) is 3.88. The number of hydrogen-bond acceptors (Lipinski definition) is 0. The van der Waals surface area contributed by atoms with E-state index in [0.717, 1.165) is 17.8 Å². The molecular formula is C15H16. The average Bonchev–Trinajstić information content (AvgIpc) is 2.91. The van der Waals surface area contributed by atoms with Gasteiger partial charge in [-0.25, -0.2) is 0 Å². The van der Waals surface area contributed by atoms with Gasteiger partial charge in [0, 0.05) is 0 Å². The van der Waals surface area contributed by atoms with E-state index in [1.54, 1.807) is 0 Å². The zero-order valence-corrected chi connectivity index (χ0v) is 8.89. The largest absolute Gasteiger partial charge is 0.0985 e. The number of benzene rings is 1. The molecule has 0 nitrogen and oxygen atoms in total. The third kappa shape index (κ3) is 1.45. The van der Waals surface area contributed by atoms with Gasteiger partial charge in [-0.05, 0) is 41.7 Å². The van der Waals surface area contributed by atoms with E-state index in [4.69, 9.17) is 0 Å². The molecule has 0 aliphatic heterocycles. The van der Waals surface area contributed by atoms with Gasteiger partial charge in [0.2, 0.25) is 0 Å². The number of hydrogen-bond donors (Lipinski definition) is 0. The van der Waals surface area contributed by atoms with Crippen molar-refractivity contribution in [1.29, 1.82) is 0 Å². The van der Waals surface area contributed by atoms with Gasteiger partial charge in [-0.2, -0.15) is 0 Å². The fourth-order valence-corrected chi connectivity index (χ4v) is 3.04. The van der Waals surface area contributed by atoms with E-state index in [1.807, 2.05) is 6.08 Å². The Labute approximate surface area is 91.3 Å². The van der Waals surface area contributed by atoms with Gasteiger partial charge in [0.25, 0.3) is 0 Å². The predicted octanol–water partition coefficient (Wildman–Crippen LogP) is 4.01. The highest BCUT2D eigenvalue weighted by Crippen LogP contribution is 2.48. The highest BCUT2D eigenvalue weighted by molar-refractivity contribution is 5.47. The molecule has 0 amide bonds. The van der Waals surface area contributed by atoms with Crippen molar-refractivity contribution < 1.29 is 0 Å². The maximum atomic E-state index is 3.79. The van der Waals surface area contributed by atoms with Crippen molar-refractivity contribution in [3.63, 3.8) is 0 Å². The van der Waals surface area contributed by atoms with E-state index < -0.39 is 0 Å². The molecule has 2 aliphatic carbocycles. The SMILES string of the molecule is C=Cc1ccc(C2CC3C=CC2C3)cc1. The van der Waals surface area contributed by atoms with Crippen molar-refractivity contribution in [3.05, 3.63) is 54.1 Å². The average molecular weight is 196 g/mol. The topological polar surface area (TPSA) is 0 Å². The Kier molecular flexibility index (Phi) is 2.02. The molecule has 1 aromatic rings. The van der Waals surface area contributed by atoms with Crippen molar-refractivity contribution in [2.75, 3.05) is 0 Å². The first-order valence-electron chi connectivity index (χ1n) is 5.77. The summed E-state index contributed by atoms with van der Waals surface area (Å²) in [5.74, 6) is 2.45. The molecule has 3 rings (SSSR count). The standard InChI is InChI=1S/C15H16/c1-2-11-3-6-13(7-4-11)15-10-12-5-8-14(15)9-12/h2-8,12,14-15H,1,9-10H2. The summed E-state index contributed by atoms with van der Waals surface area (Å²) in [6.07, 6.45) is 9.46. The van der Waals surface area contributed by atoms with Crippen LogP contribution >= 0.6 is 0 Å². The van der Waals surface area contributed by atoms with E-state index in [0.29, 0.717) is 0 Å². The second-order valence-corrected chi connectivity index (χ2v) is 4.76. The van der Waals surface area contributed by atoms with Gasteiger partial charge >= 0.3 is 0 Å². The van der Waals surface area contributed by atoms with Crippen LogP contribution in [0.3, 0.4) is 0 Å². The summed E-state index contributed by atoms with van der Waals surface area (Å²) in [6.45, 7) is 3.79. The Morgan fingerprint density at radius 1 is 1.07 bits per heavy atom. The van der Waals surface area contributed by atoms with Crippen LogP contribution in [0.2, 0.25) is 0 Å². The zero-order valence-electron chi connectivity index (χ0n) is 8.89. The summed E-state index contributed by atoms with van der Waals surface area (Å²) in [6, 6.07) is 8.91. The van der Waals surface area contributed by atoms with Crippen LogP contribution < -0.4 is 0 Å². The number of fused-ring (bicyclic) bond motifs is 2. The Morgan fingerprint density at radius 2 is 1.87 bits per heavy atom. The molecule has 1 aromatic carbocycles. The zero-order chi connectivity index (χ0) is 10.3. The van der Waals surface area contributed by atoms with Crippen LogP contribution in [-0.2, 0) is 0 Å². The van der Waals surface area contributed by atoms with Crippen LogP contribution in [0.5, 0.6) is 0 Å². The molecule has 0 heteroatoms. The van der Waals surface area contributed by atoms with Gasteiger partial charge in [-0.1, -0.05) is 49.1 Å². The third-order valence-corrected chi connectivity index (χ3v) is 3.88. The molecule has 3 unspecified atom stereocenters. The lowest BCUT2D eigenvalue weighted by molar-refractivity contribution is 0.585. The van der Waals surface area contributed by atoms with Crippen LogP contribution in [0.4, 0.5) is 0 Å². The van der Waals surface area contributed by atoms with Crippen LogP contribution in [0.25, 0.3) is 6.08 Å². The Balaban J connectivity index is 1.87. The summed E-state index contributed by atoms with van der Waals surface area (Å²) in [4.78, 5) is 0. The molecule has 0 spiro atoms. The first kappa shape index (κ1) is 8.96. The van der Waals surface area contributed by atoms with Gasteiger partial charge in [0.15, 0.2) is 0 Å². The number of allylic oxidation sites excluding steroid dienone is 2. The fourth-order valence-electron chi connectivity index (χ4n) is 3.04. The molecule has 0 heterocycles. The molecule has 0 saturated heterocycles. The molecule has 15 heavy (non-hydrogen) atoms. The van der Waals surface area contributed by atoms with Gasteiger partial charge in [0.1, 0.15) is 0 Å². The Bertz CT molecular complexity index is 397. The first-order valence-corrected chi connectivity index (χ1v) is 5.77. The quantitative estimate of drug-likeness (QED) is 0.627. The summed E-state index contributed by atoms with van der Waals surface area (Å²) in [5, 5.41) is 0. The minimum Gasteiger partial charge on any atom is -0.0985 e. The lowest BCUT2D eigenvalue weighted by Gasteiger charge is -2.18. The lowest BCUT2D eigenvalue weighted by Crippen LogP contribution is -2.04. The summed E-state index contributed by atoms with van der Waals surface area (Å²) >= 11 is 0. The van der Waals surface area contributed by atoms with Gasteiger partial charge < -0.3 is 0 Å². The summed E-state index contributed by atoms with van der Waals surface area (Å²) in [7, 11) is 0. The highest BCUT2D eigenvalue weighted by atomic mass is 14.4. The molecule has 3 atom stereocenters. The normalized spacial score (nSPS) is 32.1. The lowest BCUT2D eigenvalue weighted by atomic mass is 9.86. The van der Waals surface area contributed by atoms with E-state index in [1.165, 1.54) is 24.0 Å². The van der Waals surface area contributed by atoms with E-state index in [-0.39, 0.29) is 0 Å². The molecule has 1 fully saturated rings. The minimum atomic E-state index is 0.777. The van der Waals surface area contributed by atoms with Crippen molar-refractivity contribution in [2.24, 2.45) is 11.8 Å². The second-order valence-electron chi connectivity index (χ2n) is 4.76. The predicted molar refractivity (Wildman–Crippen MR) is 64.6 cm³/mol. The van der Waals surface area contributed by atoms with Crippen LogP contribution in [0.15, 0.2) is 43.0 Å². The summed E-state index contributed by atoms with van der Waals surface area (Å²) in [5.41, 5.74) is 2.73. The van der Waals surface area contributed by atoms with Crippen molar-refractivity contribution in [1.82, 2.24) is 0 Å². The van der Waals surface area contributed by atoms with Crippen molar-refractivity contribution in [3.8, 4) is 0 Å². The van der Waals surface area contributed by atoms with Crippen LogP contribution in [0.1, 0.15) is 29.9 Å². The molecule has 2 aliphatic rings. The van der Waals surface area contributed by atoms with Gasteiger partial charge in [-0.3, -0.25) is 0 Å². The summed E-state index contributed by atoms with van der Waals surface area (Å²) < 4.78 is 0. The molecule has 0 aromatic heterocycles. The van der Waals surface area contributed by atoms with Crippen molar-refractivity contribution >= 4 is 6.08 Å². The van der Waals surface area contributed by atoms with Crippen molar-refractivity contribution in [2.45, 2.75) is 18.8 Å². The maximum absolute atomic E-state index is 3.79. The Hall–Kier alpha value is -1.30. The molecule has 0 N–H and O–H groups in total. The minimum absolute atomic E-state index is 0.777. The Morgan fingerprint density at radius 3 is 2.40 bits per heavy atom. The van der Waals surface area contributed by atoms with E-state index in [9.17, 15) is 0 Å². The van der Waals surface area contributed by atoms with E-state index >= 15 is 0 Å². The fraction of sp³-hybridized carbons (Fsp3) is 0.333. The van der Waals surface area contributed by atoms with Crippen LogP contribution in [-0.4, -0.2) is 0 Å². The van der Waals surface area contributed by atoms with E-state index in [2.05, 4.69) is 43.0 Å². The maximum Gasteiger partial charge on any atom is -0.00932 e. The molecule has 1 saturated carbocycles. The monoisotopic (exact) mass is 196 g/mol. The first-order chi connectivity index (χ1) is 7.36. The highest BCUT2D eigenvalue weighted by Gasteiger charge is 2.36. The second kappa shape index (κ2) is 3.37. The smallest absolute Gasteiger partial charge is 0.00932 e. The molecule has 2 bridgehead atoms. The molecule has 0 radical (unpaired) electrons. The van der Waals surface area contributed by atoms with Gasteiger partial charge in [0.05, 0.1) is 0 Å². The molecular weight excluding hydrogens is 180 g/mol. The van der Waals surface area contributed by atoms with Crippen LogP contribution in [0, 0.1) is 11.8 Å². The van der Waals surface area contributed by atoms with Gasteiger partial charge in [-0.15, -0.1) is 0 Å². The molecule has 76 valence electrons. The number of rotatable bonds is 2.